The van der Waals surface area contributed by atoms with Crippen LogP contribution in [0, 0.1) is 34.5 Å². The molecular formula is C19H33NO4. The van der Waals surface area contributed by atoms with Gasteiger partial charge in [-0.15, -0.1) is 0 Å². The lowest BCUT2D eigenvalue weighted by atomic mass is 9.68. The Morgan fingerprint density at radius 1 is 1.12 bits per heavy atom. The van der Waals surface area contributed by atoms with E-state index >= 15 is 0 Å². The van der Waals surface area contributed by atoms with E-state index in [1.165, 1.54) is 0 Å². The fourth-order valence-electron chi connectivity index (χ4n) is 2.97. The summed E-state index contributed by atoms with van der Waals surface area (Å²) < 4.78 is 5.34. The Kier molecular flexibility index (Phi) is 10.3. The number of nitrogens with zero attached hydrogens (tertiary/aromatic N) is 1. The van der Waals surface area contributed by atoms with Gasteiger partial charge in [0.2, 0.25) is 0 Å². The standard InChI is InChI=1S/C19H33NO4/c1-6-7-8-9-10-24-17(21)16(11-14(2)3)19(13-20,18(22)23)12-15(4)5/h14-16H,6-12H2,1-5H3,(H,22,23). The fraction of sp³-hybridized carbons (Fsp3) is 0.842. The number of hydrogen-bond donors (Lipinski definition) is 1. The highest BCUT2D eigenvalue weighted by Crippen LogP contribution is 2.39. The van der Waals surface area contributed by atoms with Crippen LogP contribution in [-0.4, -0.2) is 23.7 Å². The zero-order chi connectivity index (χ0) is 18.8. The number of carbonyl (C=O) groups excluding carboxylic acids is 1. The topological polar surface area (TPSA) is 87.4 Å². The second kappa shape index (κ2) is 11.1. The van der Waals surface area contributed by atoms with Crippen LogP contribution >= 0.6 is 0 Å². The van der Waals surface area contributed by atoms with Gasteiger partial charge in [0, 0.05) is 0 Å². The monoisotopic (exact) mass is 339 g/mol. The maximum atomic E-state index is 12.6. The largest absolute Gasteiger partial charge is 0.480 e. The van der Waals surface area contributed by atoms with E-state index < -0.39 is 23.3 Å². The van der Waals surface area contributed by atoms with Gasteiger partial charge in [-0.2, -0.15) is 5.26 Å². The number of carboxylic acid groups (broad SMARTS) is 1. The maximum Gasteiger partial charge on any atom is 0.324 e. The molecule has 0 radical (unpaired) electrons. The predicted octanol–water partition coefficient (Wildman–Crippen LogP) is 4.41. The summed E-state index contributed by atoms with van der Waals surface area (Å²) in [6, 6.07) is 1.94. The average molecular weight is 339 g/mol. The molecule has 0 aliphatic rings. The molecule has 0 rings (SSSR count). The van der Waals surface area contributed by atoms with Crippen molar-refractivity contribution in [2.75, 3.05) is 6.61 Å². The summed E-state index contributed by atoms with van der Waals surface area (Å²) in [6.07, 6.45) is 4.39. The molecule has 0 aromatic rings. The second-order valence-corrected chi connectivity index (χ2v) is 7.40. The minimum absolute atomic E-state index is 0.00670. The minimum Gasteiger partial charge on any atom is -0.480 e. The van der Waals surface area contributed by atoms with E-state index in [4.69, 9.17) is 4.74 Å². The first kappa shape index (κ1) is 22.4. The van der Waals surface area contributed by atoms with Gasteiger partial charge in [0.25, 0.3) is 0 Å². The third-order valence-corrected chi connectivity index (χ3v) is 4.14. The fourth-order valence-corrected chi connectivity index (χ4v) is 2.97. The summed E-state index contributed by atoms with van der Waals surface area (Å²) in [7, 11) is 0. The van der Waals surface area contributed by atoms with Crippen molar-refractivity contribution < 1.29 is 19.4 Å². The molecule has 0 aliphatic carbocycles. The molecule has 0 aromatic heterocycles. The number of esters is 1. The Morgan fingerprint density at radius 2 is 1.75 bits per heavy atom. The molecule has 0 fully saturated rings. The molecule has 5 heteroatoms. The average Bonchev–Trinajstić information content (AvgIpc) is 2.49. The van der Waals surface area contributed by atoms with E-state index in [1.807, 2.05) is 33.8 Å². The van der Waals surface area contributed by atoms with Crippen molar-refractivity contribution in [2.24, 2.45) is 23.2 Å². The number of ether oxygens (including phenoxy) is 1. The number of nitriles is 1. The van der Waals surface area contributed by atoms with Crippen LogP contribution in [0.15, 0.2) is 0 Å². The van der Waals surface area contributed by atoms with E-state index in [1.54, 1.807) is 0 Å². The normalized spacial score (nSPS) is 14.9. The summed E-state index contributed by atoms with van der Waals surface area (Å²) >= 11 is 0. The van der Waals surface area contributed by atoms with E-state index in [-0.39, 0.29) is 24.9 Å². The third kappa shape index (κ3) is 6.90. The number of unbranched alkanes of at least 4 members (excludes halogenated alkanes) is 3. The van der Waals surface area contributed by atoms with Crippen molar-refractivity contribution in [3.8, 4) is 6.07 Å². The Balaban J connectivity index is 5.27. The molecule has 0 saturated heterocycles. The quantitative estimate of drug-likeness (QED) is 0.420. The first-order valence-electron chi connectivity index (χ1n) is 9.02. The van der Waals surface area contributed by atoms with Crippen molar-refractivity contribution in [3.63, 3.8) is 0 Å². The van der Waals surface area contributed by atoms with Crippen LogP contribution in [0.3, 0.4) is 0 Å². The predicted molar refractivity (Wildman–Crippen MR) is 93.2 cm³/mol. The van der Waals surface area contributed by atoms with Gasteiger partial charge in [0.15, 0.2) is 5.41 Å². The molecular weight excluding hydrogens is 306 g/mol. The summed E-state index contributed by atoms with van der Waals surface area (Å²) in [5.41, 5.74) is -1.72. The van der Waals surface area contributed by atoms with Gasteiger partial charge in [0.1, 0.15) is 0 Å². The Labute approximate surface area is 146 Å². The van der Waals surface area contributed by atoms with Gasteiger partial charge < -0.3 is 9.84 Å². The lowest BCUT2D eigenvalue weighted by Gasteiger charge is -2.32. The summed E-state index contributed by atoms with van der Waals surface area (Å²) in [5, 5.41) is 19.3. The smallest absolute Gasteiger partial charge is 0.324 e. The van der Waals surface area contributed by atoms with Crippen molar-refractivity contribution in [1.82, 2.24) is 0 Å². The van der Waals surface area contributed by atoms with Crippen LogP contribution in [-0.2, 0) is 14.3 Å². The van der Waals surface area contributed by atoms with Gasteiger partial charge in [-0.3, -0.25) is 9.59 Å². The zero-order valence-electron chi connectivity index (χ0n) is 15.8. The van der Waals surface area contributed by atoms with E-state index in [0.29, 0.717) is 6.42 Å². The molecule has 0 bridgehead atoms. The van der Waals surface area contributed by atoms with Crippen LogP contribution in [0.1, 0.15) is 73.1 Å². The maximum absolute atomic E-state index is 12.6. The summed E-state index contributed by atoms with van der Waals surface area (Å²) in [4.78, 5) is 24.5. The second-order valence-electron chi connectivity index (χ2n) is 7.40. The van der Waals surface area contributed by atoms with Crippen molar-refractivity contribution in [3.05, 3.63) is 0 Å². The summed E-state index contributed by atoms with van der Waals surface area (Å²) in [5.74, 6) is -2.62. The van der Waals surface area contributed by atoms with E-state index in [0.717, 1.165) is 25.7 Å². The van der Waals surface area contributed by atoms with E-state index in [9.17, 15) is 20.0 Å². The molecule has 1 N–H and O–H groups in total. The van der Waals surface area contributed by atoms with Gasteiger partial charge in [0.05, 0.1) is 18.6 Å². The lowest BCUT2D eigenvalue weighted by Crippen LogP contribution is -2.44. The highest BCUT2D eigenvalue weighted by atomic mass is 16.5. The summed E-state index contributed by atoms with van der Waals surface area (Å²) in [6.45, 7) is 9.94. The van der Waals surface area contributed by atoms with Crippen LogP contribution in [0.5, 0.6) is 0 Å². The molecule has 0 amide bonds. The highest BCUT2D eigenvalue weighted by molar-refractivity contribution is 5.86. The van der Waals surface area contributed by atoms with Crippen LogP contribution in [0.4, 0.5) is 0 Å². The lowest BCUT2D eigenvalue weighted by molar-refractivity contribution is -0.164. The van der Waals surface area contributed by atoms with Crippen LogP contribution in [0.2, 0.25) is 0 Å². The molecule has 24 heavy (non-hydrogen) atoms. The zero-order valence-corrected chi connectivity index (χ0v) is 15.8. The molecule has 138 valence electrons. The first-order chi connectivity index (χ1) is 11.2. The number of carbonyl (C=O) groups is 2. The highest BCUT2D eigenvalue weighted by Gasteiger charge is 2.51. The van der Waals surface area contributed by atoms with Crippen LogP contribution < -0.4 is 0 Å². The molecule has 0 aliphatic heterocycles. The van der Waals surface area contributed by atoms with Gasteiger partial charge in [-0.05, 0) is 31.1 Å². The molecule has 5 nitrogen and oxygen atoms in total. The minimum atomic E-state index is -1.72. The van der Waals surface area contributed by atoms with Gasteiger partial charge in [-0.1, -0.05) is 53.9 Å². The molecule has 2 atom stereocenters. The third-order valence-electron chi connectivity index (χ3n) is 4.14. The first-order valence-corrected chi connectivity index (χ1v) is 9.02. The molecule has 2 unspecified atom stereocenters. The SMILES string of the molecule is CCCCCCOC(=O)C(CC(C)C)C(C#N)(CC(C)C)C(=O)O. The van der Waals surface area contributed by atoms with E-state index in [2.05, 4.69) is 6.92 Å². The number of carboxylic acids is 1. The van der Waals surface area contributed by atoms with Crippen molar-refractivity contribution >= 4 is 11.9 Å². The van der Waals surface area contributed by atoms with Gasteiger partial charge >= 0.3 is 11.9 Å². The molecule has 0 aromatic carbocycles. The van der Waals surface area contributed by atoms with Crippen molar-refractivity contribution in [1.29, 1.82) is 5.26 Å². The number of aliphatic carboxylic acids is 1. The van der Waals surface area contributed by atoms with Gasteiger partial charge in [-0.25, -0.2) is 0 Å². The molecule has 0 spiro atoms. The number of hydrogen-bond acceptors (Lipinski definition) is 4. The molecule has 0 saturated carbocycles. The van der Waals surface area contributed by atoms with Crippen molar-refractivity contribution in [2.45, 2.75) is 73.1 Å². The Hall–Kier alpha value is -1.57. The Bertz CT molecular complexity index is 439. The number of rotatable bonds is 12. The Morgan fingerprint density at radius 3 is 2.17 bits per heavy atom. The van der Waals surface area contributed by atoms with Crippen LogP contribution in [0.25, 0.3) is 0 Å². The molecule has 0 heterocycles.